The number of carbonyl (C=O) groups excluding carboxylic acids is 1. The maximum Gasteiger partial charge on any atom is 0.328 e. The van der Waals surface area contributed by atoms with Gasteiger partial charge in [-0.25, -0.2) is 4.79 Å². The maximum atomic E-state index is 11.9. The Bertz CT molecular complexity index is 376. The van der Waals surface area contributed by atoms with Gasteiger partial charge in [0.15, 0.2) is 0 Å². The van der Waals surface area contributed by atoms with Crippen molar-refractivity contribution in [2.45, 2.75) is 38.8 Å². The molecule has 1 rings (SSSR count). The second-order valence-electron chi connectivity index (χ2n) is 4.98. The fourth-order valence-corrected chi connectivity index (χ4v) is 2.02. The van der Waals surface area contributed by atoms with Gasteiger partial charge < -0.3 is 10.4 Å². The third kappa shape index (κ3) is 4.47. The Morgan fingerprint density at radius 1 is 1.67 bits per heavy atom. The summed E-state index contributed by atoms with van der Waals surface area (Å²) in [4.78, 5) is 16.9. The first kappa shape index (κ1) is 15.3. The van der Waals surface area contributed by atoms with Crippen LogP contribution in [0.1, 0.15) is 25.6 Å². The molecule has 0 aliphatic carbocycles. The minimum Gasteiger partial charge on any atom is -0.394 e. The van der Waals surface area contributed by atoms with E-state index in [0.29, 0.717) is 6.42 Å². The van der Waals surface area contributed by atoms with Crippen LogP contribution in [0.5, 0.6) is 0 Å². The monoisotopic (exact) mass is 289 g/mol. The van der Waals surface area contributed by atoms with E-state index < -0.39 is 0 Å². The number of urea groups is 1. The number of thiol groups is 1. The molecule has 0 bridgehead atoms. The summed E-state index contributed by atoms with van der Waals surface area (Å²) in [6.45, 7) is 5.54. The largest absolute Gasteiger partial charge is 0.394 e. The predicted octanol–water partition coefficient (Wildman–Crippen LogP) is 1.70. The summed E-state index contributed by atoms with van der Waals surface area (Å²) in [5.41, 5.74) is 1.35. The second kappa shape index (κ2) is 6.40. The first-order valence-corrected chi connectivity index (χ1v) is 6.90. The molecule has 5 nitrogen and oxygen atoms in total. The fraction of sp³-hybridized carbons (Fsp3) is 0.636. The molecular weight excluding hydrogens is 270 g/mol. The maximum absolute atomic E-state index is 11.9. The van der Waals surface area contributed by atoms with Crippen molar-refractivity contribution in [3.63, 3.8) is 0 Å². The van der Waals surface area contributed by atoms with Crippen molar-refractivity contribution in [2.75, 3.05) is 6.61 Å². The molecule has 0 saturated carbocycles. The number of aliphatic hydroxyl groups excluding tert-OH is 1. The Morgan fingerprint density at radius 3 is 2.78 bits per heavy atom. The molecule has 18 heavy (non-hydrogen) atoms. The fourth-order valence-electron chi connectivity index (χ4n) is 1.29. The summed E-state index contributed by atoms with van der Waals surface area (Å²) >= 11 is 5.66. The van der Waals surface area contributed by atoms with Crippen LogP contribution < -0.4 is 5.32 Å². The van der Waals surface area contributed by atoms with E-state index in [1.165, 1.54) is 15.6 Å². The third-order valence-electron chi connectivity index (χ3n) is 2.31. The van der Waals surface area contributed by atoms with Crippen molar-refractivity contribution in [1.82, 2.24) is 14.6 Å². The van der Waals surface area contributed by atoms with Crippen molar-refractivity contribution in [3.8, 4) is 0 Å². The second-order valence-corrected chi connectivity index (χ2v) is 6.35. The van der Waals surface area contributed by atoms with Crippen molar-refractivity contribution >= 4 is 30.2 Å². The smallest absolute Gasteiger partial charge is 0.328 e. The Kier molecular flexibility index (Phi) is 5.43. The molecule has 2 N–H and O–H groups in total. The van der Waals surface area contributed by atoms with Gasteiger partial charge in [0.1, 0.15) is 0 Å². The van der Waals surface area contributed by atoms with E-state index in [1.54, 1.807) is 11.7 Å². The molecule has 0 radical (unpaired) electrons. The molecule has 0 aliphatic heterocycles. The van der Waals surface area contributed by atoms with E-state index in [1.807, 2.05) is 20.8 Å². The molecule has 7 heteroatoms. The number of hydrogen-bond donors (Lipinski definition) is 3. The van der Waals surface area contributed by atoms with E-state index in [4.69, 9.17) is 0 Å². The Balaban J connectivity index is 2.55. The zero-order valence-electron chi connectivity index (χ0n) is 10.8. The van der Waals surface area contributed by atoms with E-state index in [-0.39, 0.29) is 24.2 Å². The number of amides is 2. The van der Waals surface area contributed by atoms with E-state index in [2.05, 4.69) is 23.1 Å². The lowest BCUT2D eigenvalue weighted by atomic mass is 10.1. The molecule has 0 spiro atoms. The third-order valence-corrected chi connectivity index (χ3v) is 3.89. The van der Waals surface area contributed by atoms with Gasteiger partial charge in [0.05, 0.1) is 18.2 Å². The van der Waals surface area contributed by atoms with Crippen LogP contribution in [0.3, 0.4) is 0 Å². The molecule has 0 aromatic carbocycles. The van der Waals surface area contributed by atoms with Gasteiger partial charge in [-0.1, -0.05) is 12.8 Å². The van der Waals surface area contributed by atoms with Gasteiger partial charge >= 0.3 is 6.03 Å². The summed E-state index contributed by atoms with van der Waals surface area (Å²) in [5, 5.41) is 12.0. The topological polar surface area (TPSA) is 65.5 Å². The van der Waals surface area contributed by atoms with E-state index in [0.717, 1.165) is 4.88 Å². The van der Waals surface area contributed by atoms with Gasteiger partial charge in [0, 0.05) is 23.0 Å². The molecule has 0 aliphatic rings. The summed E-state index contributed by atoms with van der Waals surface area (Å²) in [6, 6.07) is -0.635. The van der Waals surface area contributed by atoms with Crippen LogP contribution in [0.2, 0.25) is 0 Å². The predicted molar refractivity (Wildman–Crippen MR) is 75.8 cm³/mol. The average molecular weight is 289 g/mol. The molecule has 1 aromatic heterocycles. The minimum atomic E-state index is -0.377. The van der Waals surface area contributed by atoms with Crippen LogP contribution in [-0.4, -0.2) is 38.6 Å². The average Bonchev–Trinajstić information content (AvgIpc) is 2.78. The standard InChI is InChI=1S/C11H19N3O2S2/c1-11(2,3)14(17)10(16)13-8(6-15)4-9-5-12-7-18-9/h5,7-8,15,17H,4,6H2,1-3H3,(H,13,16)/t8-/m1/s1. The number of nitrogens with zero attached hydrogens (tertiary/aromatic N) is 2. The molecule has 1 atom stereocenters. The van der Waals surface area contributed by atoms with Crippen LogP contribution in [-0.2, 0) is 6.42 Å². The molecule has 2 amide bonds. The van der Waals surface area contributed by atoms with Gasteiger partial charge in [-0.2, -0.15) is 0 Å². The highest BCUT2D eigenvalue weighted by Crippen LogP contribution is 2.16. The molecule has 0 fully saturated rings. The zero-order chi connectivity index (χ0) is 13.8. The van der Waals surface area contributed by atoms with Gasteiger partial charge in [-0.3, -0.25) is 9.29 Å². The molecular formula is C11H19N3O2S2. The Labute approximate surface area is 117 Å². The lowest BCUT2D eigenvalue weighted by Gasteiger charge is -2.31. The molecule has 102 valence electrons. The van der Waals surface area contributed by atoms with Gasteiger partial charge in [0.25, 0.3) is 0 Å². The molecule has 0 unspecified atom stereocenters. The highest BCUT2D eigenvalue weighted by atomic mass is 32.1. The highest BCUT2D eigenvalue weighted by molar-refractivity contribution is 7.78. The lowest BCUT2D eigenvalue weighted by Crippen LogP contribution is -2.49. The molecule has 1 aromatic rings. The van der Waals surface area contributed by atoms with Crippen LogP contribution >= 0.6 is 24.2 Å². The first-order valence-electron chi connectivity index (χ1n) is 5.62. The quantitative estimate of drug-likeness (QED) is 0.739. The first-order chi connectivity index (χ1) is 8.34. The molecule has 1 heterocycles. The Morgan fingerprint density at radius 2 is 2.33 bits per heavy atom. The number of nitrogens with one attached hydrogen (secondary N) is 1. The number of aliphatic hydroxyl groups is 1. The summed E-state index contributed by atoms with van der Waals surface area (Å²) in [7, 11) is 0. The van der Waals surface area contributed by atoms with Crippen molar-refractivity contribution in [2.24, 2.45) is 0 Å². The number of thiazole rings is 1. The van der Waals surface area contributed by atoms with Crippen molar-refractivity contribution in [1.29, 1.82) is 0 Å². The number of hydrogen-bond acceptors (Lipinski definition) is 5. The van der Waals surface area contributed by atoms with Crippen LogP contribution in [0, 0.1) is 0 Å². The minimum absolute atomic E-state index is 0.116. The van der Waals surface area contributed by atoms with Crippen LogP contribution in [0.4, 0.5) is 4.79 Å². The van der Waals surface area contributed by atoms with Gasteiger partial charge in [-0.15, -0.1) is 11.3 Å². The highest BCUT2D eigenvalue weighted by Gasteiger charge is 2.25. The van der Waals surface area contributed by atoms with Crippen LogP contribution in [0.15, 0.2) is 11.7 Å². The number of aromatic nitrogens is 1. The normalized spacial score (nSPS) is 13.2. The zero-order valence-corrected chi connectivity index (χ0v) is 12.5. The van der Waals surface area contributed by atoms with Crippen LogP contribution in [0.25, 0.3) is 0 Å². The summed E-state index contributed by atoms with van der Waals surface area (Å²) in [5.74, 6) is 0. The Hall–Kier alpha value is -0.790. The molecule has 0 saturated heterocycles. The van der Waals surface area contributed by atoms with Gasteiger partial charge in [0.2, 0.25) is 0 Å². The lowest BCUT2D eigenvalue weighted by molar-refractivity contribution is 0.186. The summed E-state index contributed by atoms with van der Waals surface area (Å²) < 4.78 is 1.32. The number of carbonyl (C=O) groups is 1. The van der Waals surface area contributed by atoms with Crippen molar-refractivity contribution in [3.05, 3.63) is 16.6 Å². The summed E-state index contributed by atoms with van der Waals surface area (Å²) in [6.07, 6.45) is 2.31. The van der Waals surface area contributed by atoms with Crippen molar-refractivity contribution < 1.29 is 9.90 Å². The van der Waals surface area contributed by atoms with Gasteiger partial charge in [-0.05, 0) is 20.8 Å². The van der Waals surface area contributed by atoms with E-state index in [9.17, 15) is 9.90 Å². The SMILES string of the molecule is CC(C)(C)N(S)C(=O)N[C@@H](CO)Cc1cncs1. The number of rotatable bonds is 4. The van der Waals surface area contributed by atoms with E-state index >= 15 is 0 Å².